The molecule has 4 rings (SSSR count). The summed E-state index contributed by atoms with van der Waals surface area (Å²) in [5.74, 6) is -1.23. The van der Waals surface area contributed by atoms with Gasteiger partial charge in [0.25, 0.3) is 0 Å². The Morgan fingerprint density at radius 3 is 2.23 bits per heavy atom. The number of unbranched alkanes of at least 4 members (excludes halogenated alkanes) is 1. The molecule has 0 radical (unpaired) electrons. The number of nitrogens with zero attached hydrogens (tertiary/aromatic N) is 2. The first-order valence-corrected chi connectivity index (χ1v) is 13.8. The second kappa shape index (κ2) is 12.1. The average molecular weight is 547 g/mol. The van der Waals surface area contributed by atoms with E-state index in [2.05, 4.69) is 17.1 Å². The molecule has 2 aliphatic carbocycles. The van der Waals surface area contributed by atoms with Crippen molar-refractivity contribution in [3.8, 4) is 11.1 Å². The number of aliphatic hydroxyl groups excluding tert-OH is 1. The lowest BCUT2D eigenvalue weighted by atomic mass is 9.76. The van der Waals surface area contributed by atoms with Gasteiger partial charge in [-0.3, -0.25) is 14.7 Å². The van der Waals surface area contributed by atoms with Crippen LogP contribution in [0.3, 0.4) is 0 Å². The van der Waals surface area contributed by atoms with Crippen molar-refractivity contribution >= 4 is 23.6 Å². The number of fused-ring (bicyclic) bond motifs is 3. The van der Waals surface area contributed by atoms with Crippen LogP contribution < -0.4 is 0 Å². The fourth-order valence-electron chi connectivity index (χ4n) is 5.78. The number of Topliss-reactive ketones (excluding diaryl/α,β-unsaturated/α-hetero) is 1. The summed E-state index contributed by atoms with van der Waals surface area (Å²) in [6, 6.07) is 15.0. The number of rotatable bonds is 10. The van der Waals surface area contributed by atoms with Crippen LogP contribution in [0.4, 0.5) is 4.79 Å². The number of benzene rings is 2. The number of carboxylic acids is 1. The SMILES string of the molecule is CC(=NCCCCC(C(=O)O)N(C)C(=O)OCC1c2ccccc2-c2ccccc21)C1=C(O)CC(C)(C)CC1=O. The normalized spacial score (nSPS) is 17.3. The predicted octanol–water partition coefficient (Wildman–Crippen LogP) is 6.15. The minimum atomic E-state index is -1.10. The zero-order chi connectivity index (χ0) is 29.0. The van der Waals surface area contributed by atoms with Gasteiger partial charge in [-0.1, -0.05) is 62.4 Å². The Labute approximate surface area is 235 Å². The second-order valence-corrected chi connectivity index (χ2v) is 11.5. The standard InChI is InChI=1S/C32H38N2O6/c1-20(29-27(35)17-32(2,3)18-28(29)36)33-16-10-9-15-26(30(37)38)34(4)31(39)40-19-25-23-13-7-5-11-21(23)22-12-6-8-14-24(22)25/h5-8,11-14,25-26,35H,9-10,15-19H2,1-4H3,(H,37,38). The molecule has 0 saturated carbocycles. The van der Waals surface area contributed by atoms with Gasteiger partial charge in [0.15, 0.2) is 5.78 Å². The highest BCUT2D eigenvalue weighted by Gasteiger charge is 2.34. The largest absolute Gasteiger partial charge is 0.511 e. The van der Waals surface area contributed by atoms with E-state index in [-0.39, 0.29) is 35.9 Å². The predicted molar refractivity (Wildman–Crippen MR) is 154 cm³/mol. The number of aliphatic carboxylic acids is 1. The van der Waals surface area contributed by atoms with Gasteiger partial charge in [0.1, 0.15) is 18.4 Å². The molecule has 0 aromatic heterocycles. The number of allylic oxidation sites excluding steroid dienone is 2. The van der Waals surface area contributed by atoms with E-state index in [1.807, 2.05) is 50.2 Å². The molecule has 2 aromatic carbocycles. The highest BCUT2D eigenvalue weighted by atomic mass is 16.6. The number of carbonyl (C=O) groups excluding carboxylic acids is 2. The van der Waals surface area contributed by atoms with Gasteiger partial charge in [-0.2, -0.15) is 0 Å². The molecule has 2 aromatic rings. The van der Waals surface area contributed by atoms with Crippen LogP contribution in [0.25, 0.3) is 11.1 Å². The molecule has 0 spiro atoms. The van der Waals surface area contributed by atoms with Crippen LogP contribution in [0.15, 0.2) is 64.9 Å². The number of carboxylic acid groups (broad SMARTS) is 1. The van der Waals surface area contributed by atoms with Crippen LogP contribution in [0, 0.1) is 5.41 Å². The van der Waals surface area contributed by atoms with E-state index in [1.54, 1.807) is 6.92 Å². The van der Waals surface area contributed by atoms with Crippen LogP contribution in [-0.4, -0.2) is 64.9 Å². The molecular weight excluding hydrogens is 508 g/mol. The Kier molecular flexibility index (Phi) is 8.76. The van der Waals surface area contributed by atoms with Crippen molar-refractivity contribution in [1.82, 2.24) is 4.90 Å². The summed E-state index contributed by atoms with van der Waals surface area (Å²) in [5, 5.41) is 20.2. The monoisotopic (exact) mass is 546 g/mol. The van der Waals surface area contributed by atoms with E-state index < -0.39 is 18.1 Å². The van der Waals surface area contributed by atoms with Crippen molar-refractivity contribution in [1.29, 1.82) is 0 Å². The summed E-state index contributed by atoms with van der Waals surface area (Å²) in [6.07, 6.45) is 1.45. The van der Waals surface area contributed by atoms with Gasteiger partial charge >= 0.3 is 12.1 Å². The first kappa shape index (κ1) is 29.1. The van der Waals surface area contributed by atoms with E-state index in [9.17, 15) is 24.6 Å². The second-order valence-electron chi connectivity index (χ2n) is 11.5. The molecular formula is C32H38N2O6. The third kappa shape index (κ3) is 6.27. The zero-order valence-electron chi connectivity index (χ0n) is 23.6. The van der Waals surface area contributed by atoms with Gasteiger partial charge in [0.2, 0.25) is 0 Å². The van der Waals surface area contributed by atoms with E-state index in [1.165, 1.54) is 7.05 Å². The van der Waals surface area contributed by atoms with Gasteiger partial charge in [-0.25, -0.2) is 9.59 Å². The smallest absolute Gasteiger partial charge is 0.410 e. The van der Waals surface area contributed by atoms with Crippen molar-refractivity contribution in [3.05, 3.63) is 71.0 Å². The highest BCUT2D eigenvalue weighted by molar-refractivity contribution is 6.22. The molecule has 0 heterocycles. The van der Waals surface area contributed by atoms with Gasteiger partial charge in [-0.05, 0) is 53.9 Å². The van der Waals surface area contributed by atoms with E-state index >= 15 is 0 Å². The number of hydrogen-bond acceptors (Lipinski definition) is 6. The number of ether oxygens (including phenoxy) is 1. The Morgan fingerprint density at radius 1 is 1.05 bits per heavy atom. The minimum Gasteiger partial charge on any atom is -0.511 e. The zero-order valence-corrected chi connectivity index (χ0v) is 23.6. The average Bonchev–Trinajstić information content (AvgIpc) is 3.21. The fraction of sp³-hybridized carbons (Fsp3) is 0.438. The molecule has 0 bridgehead atoms. The van der Waals surface area contributed by atoms with Crippen LogP contribution in [0.1, 0.15) is 69.9 Å². The van der Waals surface area contributed by atoms with Crippen LogP contribution >= 0.6 is 0 Å². The highest BCUT2D eigenvalue weighted by Crippen LogP contribution is 2.44. The van der Waals surface area contributed by atoms with Crippen molar-refractivity contribution in [2.75, 3.05) is 20.2 Å². The maximum atomic E-state index is 12.9. The lowest BCUT2D eigenvalue weighted by molar-refractivity contribution is -0.142. The quantitative estimate of drug-likeness (QED) is 0.273. The molecule has 0 aliphatic heterocycles. The third-order valence-corrected chi connectivity index (χ3v) is 7.83. The molecule has 2 aliphatic rings. The van der Waals surface area contributed by atoms with Gasteiger partial charge in [0, 0.05) is 38.1 Å². The third-order valence-electron chi connectivity index (χ3n) is 7.83. The number of aliphatic hydroxyl groups is 1. The first-order valence-electron chi connectivity index (χ1n) is 13.8. The summed E-state index contributed by atoms with van der Waals surface area (Å²) in [5.41, 5.74) is 4.96. The molecule has 8 nitrogen and oxygen atoms in total. The van der Waals surface area contributed by atoms with Gasteiger partial charge < -0.3 is 14.9 Å². The Balaban J connectivity index is 1.30. The maximum Gasteiger partial charge on any atom is 0.410 e. The van der Waals surface area contributed by atoms with Crippen molar-refractivity contribution < 1.29 is 29.3 Å². The number of carbonyl (C=O) groups is 3. The molecule has 40 heavy (non-hydrogen) atoms. The van der Waals surface area contributed by atoms with E-state index in [4.69, 9.17) is 4.74 Å². The van der Waals surface area contributed by atoms with Crippen LogP contribution in [0.5, 0.6) is 0 Å². The minimum absolute atomic E-state index is 0.0816. The lowest BCUT2D eigenvalue weighted by Gasteiger charge is -2.29. The van der Waals surface area contributed by atoms with Crippen molar-refractivity contribution in [2.45, 2.75) is 64.8 Å². The number of aliphatic imine (C=N–C) groups is 1. The van der Waals surface area contributed by atoms with Gasteiger partial charge in [-0.15, -0.1) is 0 Å². The maximum absolute atomic E-state index is 12.9. The molecule has 0 saturated heterocycles. The summed E-state index contributed by atoms with van der Waals surface area (Å²) >= 11 is 0. The molecule has 1 atom stereocenters. The fourth-order valence-corrected chi connectivity index (χ4v) is 5.78. The number of amides is 1. The topological polar surface area (TPSA) is 116 Å². The molecule has 0 fully saturated rings. The van der Waals surface area contributed by atoms with Crippen LogP contribution in [0.2, 0.25) is 0 Å². The molecule has 2 N–H and O–H groups in total. The Morgan fingerprint density at radius 2 is 1.65 bits per heavy atom. The molecule has 1 unspecified atom stereocenters. The van der Waals surface area contributed by atoms with Crippen LogP contribution in [-0.2, 0) is 14.3 Å². The Bertz CT molecular complexity index is 1310. The Hall–Kier alpha value is -3.94. The van der Waals surface area contributed by atoms with Crippen molar-refractivity contribution in [3.63, 3.8) is 0 Å². The van der Waals surface area contributed by atoms with Gasteiger partial charge in [0.05, 0.1) is 5.57 Å². The summed E-state index contributed by atoms with van der Waals surface area (Å²) in [7, 11) is 1.45. The molecule has 212 valence electrons. The number of ketones is 1. The summed E-state index contributed by atoms with van der Waals surface area (Å²) < 4.78 is 5.63. The number of likely N-dealkylation sites (N-methyl/N-ethyl adjacent to an activating group) is 1. The van der Waals surface area contributed by atoms with Crippen molar-refractivity contribution in [2.24, 2.45) is 10.4 Å². The molecule has 8 heteroatoms. The number of hydrogen-bond donors (Lipinski definition) is 2. The van der Waals surface area contributed by atoms with E-state index in [0.29, 0.717) is 43.5 Å². The summed E-state index contributed by atoms with van der Waals surface area (Å²) in [4.78, 5) is 43.0. The van der Waals surface area contributed by atoms with E-state index in [0.717, 1.165) is 27.2 Å². The summed E-state index contributed by atoms with van der Waals surface area (Å²) in [6.45, 7) is 6.12. The molecule has 1 amide bonds. The first-order chi connectivity index (χ1) is 19.0. The lowest BCUT2D eigenvalue weighted by Crippen LogP contribution is -2.43.